The molecule has 2 heteroatoms. The molecule has 0 fully saturated rings. The number of hydrogen-bond acceptors (Lipinski definition) is 2. The highest BCUT2D eigenvalue weighted by Crippen LogP contribution is 2.16. The fraction of sp³-hybridized carbons (Fsp3) is 0.545. The third-order valence-corrected chi connectivity index (χ3v) is 2.58. The Morgan fingerprint density at radius 3 is 2.54 bits per heavy atom. The minimum absolute atomic E-state index is 0.463. The second-order valence-corrected chi connectivity index (χ2v) is 3.57. The zero-order valence-corrected chi connectivity index (χ0v) is 8.83. The van der Waals surface area contributed by atoms with Gasteiger partial charge in [0.15, 0.2) is 0 Å². The Morgan fingerprint density at radius 2 is 2.00 bits per heavy atom. The minimum atomic E-state index is 0.463. The average Bonchev–Trinajstić information content (AvgIpc) is 2.15. The summed E-state index contributed by atoms with van der Waals surface area (Å²) in [5, 5.41) is 3.24. The number of hydrogen-bond donors (Lipinski definition) is 1. The molecule has 0 amide bonds. The second-order valence-electron chi connectivity index (χ2n) is 3.57. The van der Waals surface area contributed by atoms with E-state index < -0.39 is 0 Å². The standard InChI is InChI=1S/C11H18N2/c1-8-6-5-7-11(13-8)9(2)10(3)12-4/h5-7,9-10,12H,1-4H3. The van der Waals surface area contributed by atoms with Crippen LogP contribution in [0, 0.1) is 6.92 Å². The van der Waals surface area contributed by atoms with Gasteiger partial charge in [-0.15, -0.1) is 0 Å². The lowest BCUT2D eigenvalue weighted by atomic mass is 9.99. The summed E-state index contributed by atoms with van der Waals surface area (Å²) in [4.78, 5) is 4.50. The molecule has 13 heavy (non-hydrogen) atoms. The fourth-order valence-electron chi connectivity index (χ4n) is 1.32. The zero-order chi connectivity index (χ0) is 9.84. The van der Waals surface area contributed by atoms with E-state index in [1.165, 1.54) is 5.69 Å². The van der Waals surface area contributed by atoms with Gasteiger partial charge in [0.1, 0.15) is 0 Å². The van der Waals surface area contributed by atoms with Gasteiger partial charge in [0.2, 0.25) is 0 Å². The Balaban J connectivity index is 2.82. The molecule has 0 aliphatic carbocycles. The van der Waals surface area contributed by atoms with Crippen molar-refractivity contribution in [2.24, 2.45) is 0 Å². The van der Waals surface area contributed by atoms with Gasteiger partial charge in [-0.25, -0.2) is 0 Å². The van der Waals surface area contributed by atoms with Crippen LogP contribution in [0.3, 0.4) is 0 Å². The second kappa shape index (κ2) is 4.38. The molecule has 1 heterocycles. The average molecular weight is 178 g/mol. The molecule has 0 aliphatic rings. The monoisotopic (exact) mass is 178 g/mol. The number of aromatic nitrogens is 1. The van der Waals surface area contributed by atoms with E-state index >= 15 is 0 Å². The van der Waals surface area contributed by atoms with E-state index in [0.29, 0.717) is 12.0 Å². The summed E-state index contributed by atoms with van der Waals surface area (Å²) in [6.07, 6.45) is 0. The molecular formula is C11H18N2. The van der Waals surface area contributed by atoms with Gasteiger partial charge in [-0.1, -0.05) is 13.0 Å². The van der Waals surface area contributed by atoms with E-state index in [-0.39, 0.29) is 0 Å². The molecule has 0 saturated heterocycles. The van der Waals surface area contributed by atoms with E-state index in [1.54, 1.807) is 0 Å². The highest BCUT2D eigenvalue weighted by atomic mass is 14.9. The molecule has 1 N–H and O–H groups in total. The van der Waals surface area contributed by atoms with Crippen molar-refractivity contribution in [2.45, 2.75) is 32.7 Å². The zero-order valence-electron chi connectivity index (χ0n) is 8.83. The molecule has 72 valence electrons. The lowest BCUT2D eigenvalue weighted by Gasteiger charge is -2.18. The molecule has 2 nitrogen and oxygen atoms in total. The van der Waals surface area contributed by atoms with Crippen molar-refractivity contribution >= 4 is 0 Å². The van der Waals surface area contributed by atoms with Gasteiger partial charge in [0.25, 0.3) is 0 Å². The minimum Gasteiger partial charge on any atom is -0.317 e. The van der Waals surface area contributed by atoms with Crippen LogP contribution in [0.15, 0.2) is 18.2 Å². The highest BCUT2D eigenvalue weighted by Gasteiger charge is 2.13. The molecule has 0 aliphatic heterocycles. The maximum atomic E-state index is 4.50. The van der Waals surface area contributed by atoms with Crippen LogP contribution in [0.1, 0.15) is 31.2 Å². The number of pyridine rings is 1. The van der Waals surface area contributed by atoms with E-state index in [1.807, 2.05) is 20.0 Å². The molecule has 0 saturated carbocycles. The van der Waals surface area contributed by atoms with Crippen LogP contribution < -0.4 is 5.32 Å². The normalized spacial score (nSPS) is 15.4. The predicted molar refractivity (Wildman–Crippen MR) is 55.9 cm³/mol. The molecule has 1 aromatic heterocycles. The van der Waals surface area contributed by atoms with Gasteiger partial charge in [0.05, 0.1) is 0 Å². The SMILES string of the molecule is CNC(C)C(C)c1cccc(C)n1. The lowest BCUT2D eigenvalue weighted by Crippen LogP contribution is -2.27. The third-order valence-electron chi connectivity index (χ3n) is 2.58. The summed E-state index contributed by atoms with van der Waals surface area (Å²) < 4.78 is 0. The molecule has 2 unspecified atom stereocenters. The first-order valence-corrected chi connectivity index (χ1v) is 4.76. The largest absolute Gasteiger partial charge is 0.317 e. The first-order valence-electron chi connectivity index (χ1n) is 4.76. The summed E-state index contributed by atoms with van der Waals surface area (Å²) >= 11 is 0. The van der Waals surface area contributed by atoms with E-state index in [9.17, 15) is 0 Å². The maximum absolute atomic E-state index is 4.50. The summed E-state index contributed by atoms with van der Waals surface area (Å²) in [7, 11) is 1.98. The van der Waals surface area contributed by atoms with E-state index in [0.717, 1.165) is 5.69 Å². The highest BCUT2D eigenvalue weighted by molar-refractivity contribution is 5.14. The Labute approximate surface area is 80.4 Å². The van der Waals surface area contributed by atoms with Crippen molar-refractivity contribution in [3.63, 3.8) is 0 Å². The third kappa shape index (κ3) is 2.52. The van der Waals surface area contributed by atoms with Gasteiger partial charge in [-0.05, 0) is 33.0 Å². The van der Waals surface area contributed by atoms with Crippen molar-refractivity contribution in [2.75, 3.05) is 7.05 Å². The van der Waals surface area contributed by atoms with Crippen molar-refractivity contribution in [3.8, 4) is 0 Å². The molecule has 1 aromatic rings. The number of aryl methyl sites for hydroxylation is 1. The maximum Gasteiger partial charge on any atom is 0.0450 e. The number of nitrogens with one attached hydrogen (secondary N) is 1. The van der Waals surface area contributed by atoms with E-state index in [2.05, 4.69) is 36.3 Å². The Kier molecular flexibility index (Phi) is 3.43. The molecule has 1 rings (SSSR count). The van der Waals surface area contributed by atoms with Gasteiger partial charge in [-0.3, -0.25) is 4.98 Å². The Hall–Kier alpha value is -0.890. The Morgan fingerprint density at radius 1 is 1.31 bits per heavy atom. The van der Waals surface area contributed by atoms with Gasteiger partial charge >= 0.3 is 0 Å². The number of rotatable bonds is 3. The molecule has 0 bridgehead atoms. The van der Waals surface area contributed by atoms with Crippen LogP contribution in [0.5, 0.6) is 0 Å². The van der Waals surface area contributed by atoms with Crippen molar-refractivity contribution in [1.29, 1.82) is 0 Å². The van der Waals surface area contributed by atoms with Crippen LogP contribution >= 0.6 is 0 Å². The van der Waals surface area contributed by atoms with Crippen molar-refractivity contribution in [1.82, 2.24) is 10.3 Å². The van der Waals surface area contributed by atoms with Gasteiger partial charge < -0.3 is 5.32 Å². The van der Waals surface area contributed by atoms with Crippen LogP contribution in [0.4, 0.5) is 0 Å². The van der Waals surface area contributed by atoms with Crippen molar-refractivity contribution in [3.05, 3.63) is 29.6 Å². The lowest BCUT2D eigenvalue weighted by molar-refractivity contribution is 0.514. The van der Waals surface area contributed by atoms with Gasteiger partial charge in [0, 0.05) is 23.3 Å². The van der Waals surface area contributed by atoms with Crippen LogP contribution in [0.25, 0.3) is 0 Å². The van der Waals surface area contributed by atoms with Crippen LogP contribution in [0.2, 0.25) is 0 Å². The van der Waals surface area contributed by atoms with Crippen LogP contribution in [-0.2, 0) is 0 Å². The molecule has 2 atom stereocenters. The smallest absolute Gasteiger partial charge is 0.0450 e. The first kappa shape index (κ1) is 10.2. The van der Waals surface area contributed by atoms with E-state index in [4.69, 9.17) is 0 Å². The van der Waals surface area contributed by atoms with Crippen molar-refractivity contribution < 1.29 is 0 Å². The number of nitrogens with zero attached hydrogens (tertiary/aromatic N) is 1. The quantitative estimate of drug-likeness (QED) is 0.766. The number of likely N-dealkylation sites (N-methyl/N-ethyl adjacent to an activating group) is 1. The summed E-state index contributed by atoms with van der Waals surface area (Å²) in [5.41, 5.74) is 2.26. The fourth-order valence-corrected chi connectivity index (χ4v) is 1.32. The summed E-state index contributed by atoms with van der Waals surface area (Å²) in [6, 6.07) is 6.65. The summed E-state index contributed by atoms with van der Waals surface area (Å²) in [6.45, 7) is 6.40. The summed E-state index contributed by atoms with van der Waals surface area (Å²) in [5.74, 6) is 0.463. The van der Waals surface area contributed by atoms with Crippen LogP contribution in [-0.4, -0.2) is 18.1 Å². The molecule has 0 radical (unpaired) electrons. The predicted octanol–water partition coefficient (Wildman–Crippen LogP) is 2.10. The molecule has 0 aromatic carbocycles. The first-order chi connectivity index (χ1) is 6.15. The molecular weight excluding hydrogens is 160 g/mol. The topological polar surface area (TPSA) is 24.9 Å². The Bertz CT molecular complexity index is 271. The van der Waals surface area contributed by atoms with Gasteiger partial charge in [-0.2, -0.15) is 0 Å². The molecule has 0 spiro atoms.